The Kier molecular flexibility index (Phi) is 3.45. The first kappa shape index (κ1) is 12.5. The topological polar surface area (TPSA) is 46.5 Å². The van der Waals surface area contributed by atoms with Crippen molar-refractivity contribution in [3.05, 3.63) is 29.8 Å². The van der Waals surface area contributed by atoms with Gasteiger partial charge >= 0.3 is 5.97 Å². The molecule has 0 aromatic heterocycles. The average molecular weight is 260 g/mol. The fourth-order valence-electron chi connectivity index (χ4n) is 2.72. The molecule has 1 unspecified atom stereocenters. The molecule has 0 spiro atoms. The third kappa shape index (κ3) is 3.09. The quantitative estimate of drug-likeness (QED) is 0.850. The third-order valence-electron chi connectivity index (χ3n) is 4.25. The van der Waals surface area contributed by atoms with E-state index < -0.39 is 5.97 Å². The van der Waals surface area contributed by atoms with E-state index in [9.17, 15) is 4.79 Å². The summed E-state index contributed by atoms with van der Waals surface area (Å²) in [5.74, 6) is 0.953. The zero-order valence-electron chi connectivity index (χ0n) is 11.0. The van der Waals surface area contributed by atoms with E-state index in [0.29, 0.717) is 12.0 Å². The van der Waals surface area contributed by atoms with Gasteiger partial charge in [0.1, 0.15) is 5.75 Å². The lowest BCUT2D eigenvalue weighted by atomic mass is 9.91. The Hall–Kier alpha value is -1.51. The molecule has 0 aliphatic heterocycles. The van der Waals surface area contributed by atoms with E-state index >= 15 is 0 Å². The minimum Gasteiger partial charge on any atom is -0.490 e. The molecule has 1 N–H and O–H groups in total. The summed E-state index contributed by atoms with van der Waals surface area (Å²) in [6.07, 6.45) is 6.55. The summed E-state index contributed by atoms with van der Waals surface area (Å²) >= 11 is 0. The molecule has 102 valence electrons. The van der Waals surface area contributed by atoms with E-state index in [1.165, 1.54) is 6.42 Å². The summed E-state index contributed by atoms with van der Waals surface area (Å²) in [5.41, 5.74) is 1.14. The molecule has 0 amide bonds. The summed E-state index contributed by atoms with van der Waals surface area (Å²) in [4.78, 5) is 10.9. The molecule has 1 aromatic rings. The first-order chi connectivity index (χ1) is 9.22. The summed E-state index contributed by atoms with van der Waals surface area (Å²) in [6.45, 7) is 0. The van der Waals surface area contributed by atoms with Gasteiger partial charge < -0.3 is 9.84 Å². The average Bonchev–Trinajstić information content (AvgIpc) is 3.16. The van der Waals surface area contributed by atoms with Crippen LogP contribution in [0.15, 0.2) is 24.3 Å². The maximum atomic E-state index is 10.9. The number of hydrogen-bond acceptors (Lipinski definition) is 2. The molecule has 1 atom stereocenters. The number of carboxylic acids is 1. The molecule has 0 saturated heterocycles. The summed E-state index contributed by atoms with van der Waals surface area (Å²) in [7, 11) is 0. The number of benzene rings is 1. The minimum atomic E-state index is -0.702. The number of aliphatic carboxylic acids is 1. The molecule has 2 fully saturated rings. The number of carbonyl (C=O) groups is 1. The molecule has 0 bridgehead atoms. The molecular weight excluding hydrogens is 240 g/mol. The van der Waals surface area contributed by atoms with Gasteiger partial charge in [-0.05, 0) is 61.6 Å². The molecule has 2 aliphatic carbocycles. The monoisotopic (exact) mass is 260 g/mol. The second kappa shape index (κ2) is 5.24. The van der Waals surface area contributed by atoms with Crippen molar-refractivity contribution in [3.8, 4) is 5.75 Å². The van der Waals surface area contributed by atoms with E-state index in [1.807, 2.05) is 24.3 Å². The van der Waals surface area contributed by atoms with Gasteiger partial charge in [-0.3, -0.25) is 4.79 Å². The Morgan fingerprint density at radius 2 is 1.89 bits per heavy atom. The van der Waals surface area contributed by atoms with E-state index in [-0.39, 0.29) is 12.3 Å². The first-order valence-corrected chi connectivity index (χ1v) is 7.21. The van der Waals surface area contributed by atoms with Crippen molar-refractivity contribution in [2.24, 2.45) is 5.92 Å². The Labute approximate surface area is 113 Å². The smallest absolute Gasteiger partial charge is 0.303 e. The maximum Gasteiger partial charge on any atom is 0.303 e. The lowest BCUT2D eigenvalue weighted by Crippen LogP contribution is -2.24. The number of hydrogen-bond donors (Lipinski definition) is 1. The number of ether oxygens (including phenoxy) is 1. The third-order valence-corrected chi connectivity index (χ3v) is 4.25. The van der Waals surface area contributed by atoms with Crippen molar-refractivity contribution in [1.82, 2.24) is 0 Å². The van der Waals surface area contributed by atoms with Crippen LogP contribution < -0.4 is 4.74 Å². The minimum absolute atomic E-state index is 0.176. The van der Waals surface area contributed by atoms with Crippen LogP contribution in [0.2, 0.25) is 0 Å². The molecule has 0 radical (unpaired) electrons. The van der Waals surface area contributed by atoms with Crippen LogP contribution in [0.4, 0.5) is 0 Å². The number of carboxylic acid groups (broad SMARTS) is 1. The van der Waals surface area contributed by atoms with Crippen LogP contribution >= 0.6 is 0 Å². The Balaban J connectivity index is 1.67. The highest BCUT2D eigenvalue weighted by Gasteiger charge is 2.33. The molecule has 3 rings (SSSR count). The molecular formula is C16H20O3. The Morgan fingerprint density at radius 1 is 1.21 bits per heavy atom. The standard InChI is InChI=1S/C16H20O3/c17-16(18)10-15(11-4-5-11)12-6-8-14(9-7-12)19-13-2-1-3-13/h6-9,11,13,15H,1-5,10H2,(H,17,18). The molecule has 3 heteroatoms. The molecule has 3 nitrogen and oxygen atoms in total. The van der Waals surface area contributed by atoms with Crippen LogP contribution in [0.1, 0.15) is 50.0 Å². The van der Waals surface area contributed by atoms with Crippen LogP contribution in [0, 0.1) is 5.92 Å². The normalized spacial score (nSPS) is 20.6. The van der Waals surface area contributed by atoms with E-state index in [0.717, 1.165) is 37.0 Å². The highest BCUT2D eigenvalue weighted by molar-refractivity contribution is 5.68. The highest BCUT2D eigenvalue weighted by atomic mass is 16.5. The second-order valence-electron chi connectivity index (χ2n) is 5.78. The van der Waals surface area contributed by atoms with Crippen LogP contribution in [-0.4, -0.2) is 17.2 Å². The predicted octanol–water partition coefficient (Wildman–Crippen LogP) is 3.59. The fraction of sp³-hybridized carbons (Fsp3) is 0.562. The van der Waals surface area contributed by atoms with Gasteiger partial charge in [-0.2, -0.15) is 0 Å². The maximum absolute atomic E-state index is 10.9. The second-order valence-corrected chi connectivity index (χ2v) is 5.78. The van der Waals surface area contributed by atoms with Gasteiger partial charge in [0, 0.05) is 0 Å². The molecule has 0 heterocycles. The van der Waals surface area contributed by atoms with Crippen molar-refractivity contribution >= 4 is 5.97 Å². The predicted molar refractivity (Wildman–Crippen MR) is 72.4 cm³/mol. The molecule has 1 aromatic carbocycles. The van der Waals surface area contributed by atoms with Crippen LogP contribution in [0.5, 0.6) is 5.75 Å². The zero-order chi connectivity index (χ0) is 13.2. The lowest BCUT2D eigenvalue weighted by Gasteiger charge is -2.26. The van der Waals surface area contributed by atoms with Gasteiger partial charge in [0.25, 0.3) is 0 Å². The van der Waals surface area contributed by atoms with Gasteiger partial charge in [-0.1, -0.05) is 12.1 Å². The van der Waals surface area contributed by atoms with Gasteiger partial charge in [0.15, 0.2) is 0 Å². The Morgan fingerprint density at radius 3 is 2.37 bits per heavy atom. The van der Waals surface area contributed by atoms with E-state index in [4.69, 9.17) is 9.84 Å². The first-order valence-electron chi connectivity index (χ1n) is 7.21. The van der Waals surface area contributed by atoms with Gasteiger partial charge in [-0.15, -0.1) is 0 Å². The molecule has 2 saturated carbocycles. The summed E-state index contributed by atoms with van der Waals surface area (Å²) < 4.78 is 5.83. The largest absolute Gasteiger partial charge is 0.490 e. The van der Waals surface area contributed by atoms with Crippen molar-refractivity contribution in [2.75, 3.05) is 0 Å². The van der Waals surface area contributed by atoms with Crippen molar-refractivity contribution in [1.29, 1.82) is 0 Å². The van der Waals surface area contributed by atoms with Crippen molar-refractivity contribution < 1.29 is 14.6 Å². The van der Waals surface area contributed by atoms with E-state index in [2.05, 4.69) is 0 Å². The fourth-order valence-corrected chi connectivity index (χ4v) is 2.72. The number of rotatable bonds is 6. The molecule has 2 aliphatic rings. The SMILES string of the molecule is O=C(O)CC(c1ccc(OC2CCC2)cc1)C1CC1. The molecule has 19 heavy (non-hydrogen) atoms. The van der Waals surface area contributed by atoms with Crippen molar-refractivity contribution in [2.45, 2.75) is 50.5 Å². The van der Waals surface area contributed by atoms with Crippen LogP contribution in [0.3, 0.4) is 0 Å². The van der Waals surface area contributed by atoms with Crippen LogP contribution in [-0.2, 0) is 4.79 Å². The van der Waals surface area contributed by atoms with E-state index in [1.54, 1.807) is 0 Å². The zero-order valence-corrected chi connectivity index (χ0v) is 11.0. The highest BCUT2D eigenvalue weighted by Crippen LogP contribution is 2.44. The summed E-state index contributed by atoms with van der Waals surface area (Å²) in [6, 6.07) is 8.07. The van der Waals surface area contributed by atoms with Gasteiger partial charge in [0.2, 0.25) is 0 Å². The van der Waals surface area contributed by atoms with Crippen molar-refractivity contribution in [3.63, 3.8) is 0 Å². The van der Waals surface area contributed by atoms with Gasteiger partial charge in [0.05, 0.1) is 12.5 Å². The Bertz CT molecular complexity index is 444. The van der Waals surface area contributed by atoms with Gasteiger partial charge in [-0.25, -0.2) is 0 Å². The lowest BCUT2D eigenvalue weighted by molar-refractivity contribution is -0.137. The van der Waals surface area contributed by atoms with Crippen LogP contribution in [0.25, 0.3) is 0 Å². The summed E-state index contributed by atoms with van der Waals surface area (Å²) in [5, 5.41) is 9.01.